The molecule has 0 saturated carbocycles. The van der Waals surface area contributed by atoms with E-state index in [1.165, 1.54) is 24.3 Å². The van der Waals surface area contributed by atoms with Crippen molar-refractivity contribution in [2.24, 2.45) is 0 Å². The number of anilines is 1. The minimum atomic E-state index is -0.541. The van der Waals surface area contributed by atoms with E-state index >= 15 is 0 Å². The molecule has 4 nitrogen and oxygen atoms in total. The summed E-state index contributed by atoms with van der Waals surface area (Å²) < 4.78 is 18.0. The lowest BCUT2D eigenvalue weighted by molar-refractivity contribution is -0.133. The molecule has 1 atom stereocenters. The van der Waals surface area contributed by atoms with Gasteiger partial charge in [0.25, 0.3) is 0 Å². The van der Waals surface area contributed by atoms with Crippen molar-refractivity contribution >= 4 is 40.9 Å². The predicted octanol–water partition coefficient (Wildman–Crippen LogP) is 4.14. The Labute approximate surface area is 148 Å². The summed E-state index contributed by atoms with van der Waals surface area (Å²) in [5.74, 6) is -0.798. The van der Waals surface area contributed by atoms with Gasteiger partial charge >= 0.3 is 5.97 Å². The van der Waals surface area contributed by atoms with Crippen LogP contribution in [0.25, 0.3) is 0 Å². The van der Waals surface area contributed by atoms with Gasteiger partial charge < -0.3 is 10.1 Å². The number of hydrogen-bond acceptors (Lipinski definition) is 4. The van der Waals surface area contributed by atoms with Gasteiger partial charge in [-0.2, -0.15) is 0 Å². The Morgan fingerprint density at radius 2 is 1.88 bits per heavy atom. The molecule has 0 aliphatic heterocycles. The third-order valence-corrected chi connectivity index (χ3v) is 4.41. The van der Waals surface area contributed by atoms with Crippen molar-refractivity contribution in [1.82, 2.24) is 0 Å². The van der Waals surface area contributed by atoms with Crippen LogP contribution >= 0.6 is 23.4 Å². The number of esters is 1. The molecule has 7 heteroatoms. The molecule has 0 aliphatic rings. The molecule has 0 saturated heterocycles. The molecule has 1 amide bonds. The van der Waals surface area contributed by atoms with Gasteiger partial charge in [0.05, 0.1) is 10.8 Å². The summed E-state index contributed by atoms with van der Waals surface area (Å²) in [6.07, 6.45) is 0. The first-order chi connectivity index (χ1) is 11.5. The zero-order valence-electron chi connectivity index (χ0n) is 12.8. The number of nitrogens with one attached hydrogen (secondary N) is 1. The van der Waals surface area contributed by atoms with E-state index in [0.29, 0.717) is 10.7 Å². The number of halogens is 2. The molecule has 2 aromatic carbocycles. The lowest BCUT2D eigenvalue weighted by Gasteiger charge is -2.12. The number of carbonyl (C=O) groups excluding carboxylic acids is 2. The zero-order chi connectivity index (χ0) is 17.5. The van der Waals surface area contributed by atoms with Gasteiger partial charge in [-0.1, -0.05) is 23.7 Å². The number of rotatable bonds is 6. The van der Waals surface area contributed by atoms with Crippen molar-refractivity contribution in [2.75, 3.05) is 11.1 Å². The number of amides is 1. The maximum absolute atomic E-state index is 12.8. The van der Waals surface area contributed by atoms with Gasteiger partial charge in [0.1, 0.15) is 16.8 Å². The van der Waals surface area contributed by atoms with E-state index in [2.05, 4.69) is 5.32 Å². The van der Waals surface area contributed by atoms with E-state index in [1.54, 1.807) is 31.2 Å². The van der Waals surface area contributed by atoms with Gasteiger partial charge in [-0.15, -0.1) is 11.8 Å². The quantitative estimate of drug-likeness (QED) is 0.615. The van der Waals surface area contributed by atoms with Crippen molar-refractivity contribution in [2.45, 2.75) is 12.2 Å². The Morgan fingerprint density at radius 3 is 2.54 bits per heavy atom. The Bertz CT molecular complexity index is 724. The molecule has 1 N–H and O–H groups in total. The Kier molecular flexibility index (Phi) is 6.63. The molecule has 0 heterocycles. The molecule has 0 bridgehead atoms. The van der Waals surface area contributed by atoms with Crippen molar-refractivity contribution in [3.8, 4) is 5.75 Å². The average molecular weight is 368 g/mol. The smallest absolute Gasteiger partial charge is 0.324 e. The fraction of sp³-hybridized carbons (Fsp3) is 0.176. The van der Waals surface area contributed by atoms with Crippen LogP contribution in [0.1, 0.15) is 6.92 Å². The molecule has 0 fully saturated rings. The molecule has 2 aromatic rings. The van der Waals surface area contributed by atoms with E-state index in [-0.39, 0.29) is 23.2 Å². The molecule has 24 heavy (non-hydrogen) atoms. The number of carbonyl (C=O) groups is 2. The number of ether oxygens (including phenoxy) is 1. The fourth-order valence-electron chi connectivity index (χ4n) is 1.72. The SMILES string of the molecule is CC(SCC(=O)Nc1ccc(F)cc1)C(=O)Oc1ccccc1Cl. The number of hydrogen-bond donors (Lipinski definition) is 1. The van der Waals surface area contributed by atoms with E-state index < -0.39 is 11.2 Å². The largest absolute Gasteiger partial charge is 0.424 e. The van der Waals surface area contributed by atoms with Crippen LogP contribution in [-0.2, 0) is 9.59 Å². The van der Waals surface area contributed by atoms with E-state index in [0.717, 1.165) is 11.8 Å². The second kappa shape index (κ2) is 8.70. The summed E-state index contributed by atoms with van der Waals surface area (Å²) in [7, 11) is 0. The summed E-state index contributed by atoms with van der Waals surface area (Å²) in [5, 5.41) is 2.43. The Hall–Kier alpha value is -2.05. The van der Waals surface area contributed by atoms with Crippen LogP contribution in [-0.4, -0.2) is 22.9 Å². The van der Waals surface area contributed by atoms with Crippen molar-refractivity contribution in [1.29, 1.82) is 0 Å². The van der Waals surface area contributed by atoms with Gasteiger partial charge in [0, 0.05) is 5.69 Å². The van der Waals surface area contributed by atoms with Crippen LogP contribution in [0.15, 0.2) is 48.5 Å². The van der Waals surface area contributed by atoms with Crippen molar-refractivity contribution < 1.29 is 18.7 Å². The second-order valence-electron chi connectivity index (χ2n) is 4.86. The van der Waals surface area contributed by atoms with Gasteiger partial charge in [-0.3, -0.25) is 9.59 Å². The summed E-state index contributed by atoms with van der Waals surface area (Å²) in [6, 6.07) is 12.1. The minimum absolute atomic E-state index is 0.0656. The molecular weight excluding hydrogens is 353 g/mol. The maximum Gasteiger partial charge on any atom is 0.324 e. The molecule has 0 aromatic heterocycles. The lowest BCUT2D eigenvalue weighted by Crippen LogP contribution is -2.23. The molecule has 0 radical (unpaired) electrons. The number of para-hydroxylation sites is 1. The minimum Gasteiger partial charge on any atom is -0.424 e. The van der Waals surface area contributed by atoms with Crippen LogP contribution in [0, 0.1) is 5.82 Å². The van der Waals surface area contributed by atoms with Crippen LogP contribution < -0.4 is 10.1 Å². The van der Waals surface area contributed by atoms with Crippen LogP contribution in [0.3, 0.4) is 0 Å². The van der Waals surface area contributed by atoms with Crippen LogP contribution in [0.4, 0.5) is 10.1 Å². The molecular formula is C17H15ClFNO3S. The summed E-state index contributed by atoms with van der Waals surface area (Å²) in [6.45, 7) is 1.65. The third kappa shape index (κ3) is 5.54. The highest BCUT2D eigenvalue weighted by Gasteiger charge is 2.18. The first-order valence-electron chi connectivity index (χ1n) is 7.09. The predicted molar refractivity (Wildman–Crippen MR) is 94.0 cm³/mol. The Morgan fingerprint density at radius 1 is 1.21 bits per heavy atom. The van der Waals surface area contributed by atoms with Gasteiger partial charge in [0.2, 0.25) is 5.91 Å². The lowest BCUT2D eigenvalue weighted by atomic mass is 10.3. The second-order valence-corrected chi connectivity index (χ2v) is 6.60. The van der Waals surface area contributed by atoms with E-state index in [4.69, 9.17) is 16.3 Å². The van der Waals surface area contributed by atoms with E-state index in [9.17, 15) is 14.0 Å². The maximum atomic E-state index is 12.8. The van der Waals surface area contributed by atoms with Gasteiger partial charge in [-0.05, 0) is 43.3 Å². The van der Waals surface area contributed by atoms with Gasteiger partial charge in [-0.25, -0.2) is 4.39 Å². The van der Waals surface area contributed by atoms with Crippen LogP contribution in [0.2, 0.25) is 5.02 Å². The summed E-state index contributed by atoms with van der Waals surface area (Å²) in [5.41, 5.74) is 0.494. The molecule has 1 unspecified atom stereocenters. The van der Waals surface area contributed by atoms with E-state index in [1.807, 2.05) is 0 Å². The monoisotopic (exact) mass is 367 g/mol. The fourth-order valence-corrected chi connectivity index (χ4v) is 2.55. The Balaban J connectivity index is 1.80. The molecule has 0 spiro atoms. The molecule has 126 valence electrons. The zero-order valence-corrected chi connectivity index (χ0v) is 14.4. The third-order valence-electron chi connectivity index (χ3n) is 2.97. The standard InChI is InChI=1S/C17H15ClFNO3S/c1-11(17(22)23-15-5-3-2-4-14(15)18)24-10-16(21)20-13-8-6-12(19)7-9-13/h2-9,11H,10H2,1H3,(H,20,21). The van der Waals surface area contributed by atoms with Gasteiger partial charge in [0.15, 0.2) is 0 Å². The topological polar surface area (TPSA) is 55.4 Å². The highest BCUT2D eigenvalue weighted by atomic mass is 35.5. The number of thioether (sulfide) groups is 1. The van der Waals surface area contributed by atoms with Crippen LogP contribution in [0.5, 0.6) is 5.75 Å². The highest BCUT2D eigenvalue weighted by Crippen LogP contribution is 2.24. The molecule has 2 rings (SSSR count). The normalized spacial score (nSPS) is 11.6. The highest BCUT2D eigenvalue weighted by molar-refractivity contribution is 8.01. The van der Waals surface area contributed by atoms with Crippen molar-refractivity contribution in [3.63, 3.8) is 0 Å². The molecule has 0 aliphatic carbocycles. The first kappa shape index (κ1) is 18.3. The average Bonchev–Trinajstić information content (AvgIpc) is 2.56. The summed E-state index contributed by atoms with van der Waals surface area (Å²) >= 11 is 7.06. The summed E-state index contributed by atoms with van der Waals surface area (Å²) in [4.78, 5) is 23.8. The van der Waals surface area contributed by atoms with Crippen molar-refractivity contribution in [3.05, 3.63) is 59.4 Å². The number of benzene rings is 2. The first-order valence-corrected chi connectivity index (χ1v) is 8.51.